The molecule has 2 aromatic rings. The van der Waals surface area contributed by atoms with E-state index in [0.717, 1.165) is 5.75 Å². The molecule has 2 rings (SSSR count). The molecule has 0 saturated carbocycles. The lowest BCUT2D eigenvalue weighted by Gasteiger charge is -2.06. The number of carbonyl (C=O) groups is 1. The Morgan fingerprint density at radius 2 is 1.86 bits per heavy atom. The van der Waals surface area contributed by atoms with Gasteiger partial charge in [0.1, 0.15) is 5.82 Å². The van der Waals surface area contributed by atoms with Gasteiger partial charge in [-0.25, -0.2) is 4.39 Å². The second-order valence-corrected chi connectivity index (χ2v) is 5.83. The highest BCUT2D eigenvalue weighted by molar-refractivity contribution is 7.99. The van der Waals surface area contributed by atoms with Gasteiger partial charge in [0.2, 0.25) is 5.91 Å². The van der Waals surface area contributed by atoms with Crippen LogP contribution in [0.5, 0.6) is 0 Å². The van der Waals surface area contributed by atoms with Crippen LogP contribution in [0.25, 0.3) is 0 Å². The molecule has 0 aliphatic carbocycles. The average Bonchev–Trinajstić information content (AvgIpc) is 2.48. The summed E-state index contributed by atoms with van der Waals surface area (Å²) in [4.78, 5) is 11.7. The Bertz CT molecular complexity index is 598. The largest absolute Gasteiger partial charge is 0.351 e. The first-order valence-corrected chi connectivity index (χ1v) is 7.94. The molecule has 0 bridgehead atoms. The van der Waals surface area contributed by atoms with E-state index in [1.54, 1.807) is 30.0 Å². The summed E-state index contributed by atoms with van der Waals surface area (Å²) < 4.78 is 13.4. The number of hydrogen-bond acceptors (Lipinski definition) is 2. The Labute approximate surface area is 128 Å². The summed E-state index contributed by atoms with van der Waals surface area (Å²) in [7, 11) is 0. The summed E-state index contributed by atoms with van der Waals surface area (Å²) >= 11 is 1.55. The maximum Gasteiger partial charge on any atom is 0.230 e. The van der Waals surface area contributed by atoms with Crippen LogP contribution in [0.1, 0.15) is 16.7 Å². The van der Waals surface area contributed by atoms with Crippen LogP contribution >= 0.6 is 11.8 Å². The lowest BCUT2D eigenvalue weighted by Crippen LogP contribution is -2.25. The van der Waals surface area contributed by atoms with Crippen LogP contribution < -0.4 is 5.32 Å². The summed E-state index contributed by atoms with van der Waals surface area (Å²) in [5, 5.41) is 2.74. The minimum atomic E-state index is -0.287. The van der Waals surface area contributed by atoms with E-state index in [0.29, 0.717) is 11.3 Å². The molecule has 0 radical (unpaired) electrons. The topological polar surface area (TPSA) is 29.1 Å². The first kappa shape index (κ1) is 15.6. The van der Waals surface area contributed by atoms with Crippen LogP contribution in [0.3, 0.4) is 0 Å². The van der Waals surface area contributed by atoms with E-state index in [2.05, 4.69) is 29.6 Å². The third kappa shape index (κ3) is 5.23. The molecule has 0 aromatic heterocycles. The van der Waals surface area contributed by atoms with Gasteiger partial charge in [-0.3, -0.25) is 4.79 Å². The van der Waals surface area contributed by atoms with Crippen molar-refractivity contribution in [2.75, 3.05) is 5.75 Å². The summed E-state index contributed by atoms with van der Waals surface area (Å²) in [6.07, 6.45) is 0. The van der Waals surface area contributed by atoms with E-state index in [4.69, 9.17) is 0 Å². The van der Waals surface area contributed by atoms with Crippen LogP contribution in [0, 0.1) is 12.7 Å². The summed E-state index contributed by atoms with van der Waals surface area (Å²) in [5.74, 6) is 0.816. The van der Waals surface area contributed by atoms with E-state index in [1.165, 1.54) is 17.2 Å². The van der Waals surface area contributed by atoms with Crippen LogP contribution in [-0.2, 0) is 17.1 Å². The van der Waals surface area contributed by atoms with Crippen LogP contribution in [0.15, 0.2) is 48.5 Å². The molecule has 0 unspecified atom stereocenters. The molecule has 1 amide bonds. The predicted octanol–water partition coefficient (Wildman–Crippen LogP) is 3.68. The minimum absolute atomic E-state index is 0.0737. The molecule has 0 aliphatic rings. The number of hydrogen-bond donors (Lipinski definition) is 1. The molecule has 21 heavy (non-hydrogen) atoms. The Morgan fingerprint density at radius 1 is 1.14 bits per heavy atom. The maximum absolute atomic E-state index is 13.4. The Kier molecular flexibility index (Phi) is 5.81. The molecule has 0 atom stereocenters. The number of amides is 1. The van der Waals surface area contributed by atoms with Crippen molar-refractivity contribution in [3.63, 3.8) is 0 Å². The van der Waals surface area contributed by atoms with E-state index in [9.17, 15) is 9.18 Å². The van der Waals surface area contributed by atoms with Crippen LogP contribution in [-0.4, -0.2) is 11.7 Å². The maximum atomic E-state index is 13.4. The van der Waals surface area contributed by atoms with Crippen LogP contribution in [0.4, 0.5) is 4.39 Å². The number of thioether (sulfide) groups is 1. The zero-order valence-electron chi connectivity index (χ0n) is 11.9. The Hall–Kier alpha value is -1.81. The number of aryl methyl sites for hydroxylation is 1. The lowest BCUT2D eigenvalue weighted by molar-refractivity contribution is -0.118. The first-order valence-electron chi connectivity index (χ1n) is 6.78. The number of benzene rings is 2. The average molecular weight is 303 g/mol. The quantitative estimate of drug-likeness (QED) is 0.882. The van der Waals surface area contributed by atoms with Gasteiger partial charge in [-0.15, -0.1) is 11.8 Å². The summed E-state index contributed by atoms with van der Waals surface area (Å²) in [6, 6.07) is 14.7. The van der Waals surface area contributed by atoms with E-state index in [-0.39, 0.29) is 18.3 Å². The molecule has 4 heteroatoms. The van der Waals surface area contributed by atoms with Gasteiger partial charge in [-0.05, 0) is 18.6 Å². The number of nitrogens with one attached hydrogen (secondary N) is 1. The van der Waals surface area contributed by atoms with Gasteiger partial charge >= 0.3 is 0 Å². The molecule has 0 heterocycles. The molecule has 2 nitrogen and oxygen atoms in total. The number of rotatable bonds is 6. The van der Waals surface area contributed by atoms with Crippen molar-refractivity contribution in [3.8, 4) is 0 Å². The zero-order valence-corrected chi connectivity index (χ0v) is 12.8. The fourth-order valence-electron chi connectivity index (χ4n) is 1.83. The van der Waals surface area contributed by atoms with Crippen LogP contribution in [0.2, 0.25) is 0 Å². The fraction of sp³-hybridized carbons (Fsp3) is 0.235. The molecule has 2 aromatic carbocycles. The Morgan fingerprint density at radius 3 is 2.57 bits per heavy atom. The van der Waals surface area contributed by atoms with Gasteiger partial charge in [0.15, 0.2) is 0 Å². The molecule has 0 saturated heterocycles. The van der Waals surface area contributed by atoms with Crippen molar-refractivity contribution in [1.82, 2.24) is 5.32 Å². The van der Waals surface area contributed by atoms with Gasteiger partial charge < -0.3 is 5.32 Å². The lowest BCUT2D eigenvalue weighted by atomic mass is 10.2. The molecule has 0 aliphatic heterocycles. The minimum Gasteiger partial charge on any atom is -0.351 e. The standard InChI is InChI=1S/C17H18FNOS/c1-13-6-8-14(9-7-13)11-21-12-17(20)19-10-15-4-2-3-5-16(15)18/h2-9H,10-12H2,1H3,(H,19,20). The third-order valence-corrected chi connectivity index (χ3v) is 4.06. The van der Waals surface area contributed by atoms with E-state index < -0.39 is 0 Å². The first-order chi connectivity index (χ1) is 10.1. The fourth-order valence-corrected chi connectivity index (χ4v) is 2.65. The highest BCUT2D eigenvalue weighted by Gasteiger charge is 2.04. The van der Waals surface area contributed by atoms with Gasteiger partial charge in [-0.1, -0.05) is 48.0 Å². The highest BCUT2D eigenvalue weighted by Crippen LogP contribution is 2.13. The Balaban J connectivity index is 1.70. The molecular weight excluding hydrogens is 285 g/mol. The van der Waals surface area contributed by atoms with Crippen molar-refractivity contribution in [2.24, 2.45) is 0 Å². The summed E-state index contributed by atoms with van der Waals surface area (Å²) in [5.41, 5.74) is 2.94. The van der Waals surface area contributed by atoms with Crippen molar-refractivity contribution in [1.29, 1.82) is 0 Å². The monoisotopic (exact) mass is 303 g/mol. The van der Waals surface area contributed by atoms with E-state index in [1.807, 2.05) is 6.92 Å². The SMILES string of the molecule is Cc1ccc(CSCC(=O)NCc2ccccc2F)cc1. The highest BCUT2D eigenvalue weighted by atomic mass is 32.2. The smallest absolute Gasteiger partial charge is 0.230 e. The molecule has 0 spiro atoms. The number of carbonyl (C=O) groups excluding carboxylic acids is 1. The summed E-state index contributed by atoms with van der Waals surface area (Å²) in [6.45, 7) is 2.28. The van der Waals surface area contributed by atoms with Gasteiger partial charge in [0, 0.05) is 17.9 Å². The molecular formula is C17H18FNOS. The molecule has 110 valence electrons. The normalized spacial score (nSPS) is 10.4. The van der Waals surface area contributed by atoms with Gasteiger partial charge in [0.05, 0.1) is 5.75 Å². The molecule has 1 N–H and O–H groups in total. The second kappa shape index (κ2) is 7.84. The van der Waals surface area contributed by atoms with Crippen molar-refractivity contribution < 1.29 is 9.18 Å². The van der Waals surface area contributed by atoms with Crippen molar-refractivity contribution in [3.05, 3.63) is 71.0 Å². The molecule has 0 fully saturated rings. The zero-order chi connectivity index (χ0) is 15.1. The van der Waals surface area contributed by atoms with Crippen molar-refractivity contribution in [2.45, 2.75) is 19.2 Å². The number of halogens is 1. The van der Waals surface area contributed by atoms with E-state index >= 15 is 0 Å². The second-order valence-electron chi connectivity index (χ2n) is 4.85. The van der Waals surface area contributed by atoms with Gasteiger partial charge in [-0.2, -0.15) is 0 Å². The van der Waals surface area contributed by atoms with Gasteiger partial charge in [0.25, 0.3) is 0 Å². The van der Waals surface area contributed by atoms with Crippen molar-refractivity contribution >= 4 is 17.7 Å². The third-order valence-electron chi connectivity index (χ3n) is 3.06. The predicted molar refractivity (Wildman–Crippen MR) is 85.6 cm³/mol.